The number of piperazine rings is 1. The van der Waals surface area contributed by atoms with E-state index in [4.69, 9.17) is 4.98 Å². The third-order valence-electron chi connectivity index (χ3n) is 5.77. The number of likely N-dealkylation sites (N-methyl/N-ethyl adjacent to an activating group) is 1. The van der Waals surface area contributed by atoms with Crippen LogP contribution in [0.25, 0.3) is 22.0 Å². The molecule has 1 saturated heterocycles. The molecule has 2 heterocycles. The fourth-order valence-corrected chi connectivity index (χ4v) is 3.94. The molecule has 0 saturated carbocycles. The molecule has 4 rings (SSSR count). The van der Waals surface area contributed by atoms with E-state index in [1.807, 2.05) is 31.2 Å². The number of nitrogens with zero attached hydrogens (tertiary/aromatic N) is 3. The predicted molar refractivity (Wildman–Crippen MR) is 123 cm³/mol. The molecule has 1 unspecified atom stereocenters. The summed E-state index contributed by atoms with van der Waals surface area (Å²) < 4.78 is 13.9. The van der Waals surface area contributed by atoms with Gasteiger partial charge in [-0.05, 0) is 30.0 Å². The van der Waals surface area contributed by atoms with Gasteiger partial charge in [0.1, 0.15) is 12.0 Å². The van der Waals surface area contributed by atoms with Gasteiger partial charge in [-0.3, -0.25) is 0 Å². The number of benzene rings is 2. The average molecular weight is 414 g/mol. The van der Waals surface area contributed by atoms with Crippen molar-refractivity contribution in [3.63, 3.8) is 0 Å². The molecule has 1 fully saturated rings. The Bertz CT molecular complexity index is 937. The first kappa shape index (κ1) is 21.5. The smallest absolute Gasteiger partial charge is 0.137 e. The molecule has 1 aliphatic heterocycles. The van der Waals surface area contributed by atoms with E-state index in [0.29, 0.717) is 6.42 Å². The highest BCUT2D eigenvalue weighted by Crippen LogP contribution is 2.31. The average Bonchev–Trinajstić information content (AvgIpc) is 2.78. The zero-order chi connectivity index (χ0) is 19.5. The molecule has 0 N–H and O–H groups in total. The predicted octanol–water partition coefficient (Wildman–Crippen LogP) is 5.89. The van der Waals surface area contributed by atoms with E-state index < -0.39 is 6.17 Å². The Balaban J connectivity index is 0.00000240. The number of anilines is 1. The Morgan fingerprint density at radius 1 is 0.966 bits per heavy atom. The number of pyridine rings is 1. The van der Waals surface area contributed by atoms with E-state index >= 15 is 0 Å². The molecule has 5 heteroatoms. The molecule has 0 aliphatic carbocycles. The lowest BCUT2D eigenvalue weighted by Crippen LogP contribution is -2.46. The van der Waals surface area contributed by atoms with Gasteiger partial charge in [-0.2, -0.15) is 0 Å². The van der Waals surface area contributed by atoms with Crippen LogP contribution in [0.5, 0.6) is 0 Å². The lowest BCUT2D eigenvalue weighted by atomic mass is 10.0. The molecule has 29 heavy (non-hydrogen) atoms. The molecule has 2 aromatic carbocycles. The summed E-state index contributed by atoms with van der Waals surface area (Å²) in [6, 6.07) is 18.4. The molecule has 0 radical (unpaired) electrons. The fraction of sp³-hybridized carbons (Fsp3) is 0.375. The van der Waals surface area contributed by atoms with Gasteiger partial charge in [-0.15, -0.1) is 12.4 Å². The largest absolute Gasteiger partial charge is 0.354 e. The number of fused-ring (bicyclic) bond motifs is 1. The second-order valence-electron chi connectivity index (χ2n) is 7.47. The third-order valence-corrected chi connectivity index (χ3v) is 5.77. The standard InChI is InChI=1S/C24H28FN3.ClH/c1-3-22(25)18-9-11-19(12-10-18)23-17-20-7-5-6-8-21(20)24(26-23)28-15-13-27(4-2)14-16-28;/h5-12,17,22H,3-4,13-16H2,1-2H3;1H. The summed E-state index contributed by atoms with van der Waals surface area (Å²) in [7, 11) is 0. The maximum Gasteiger partial charge on any atom is 0.137 e. The van der Waals surface area contributed by atoms with Crippen LogP contribution < -0.4 is 4.90 Å². The van der Waals surface area contributed by atoms with Gasteiger partial charge in [0.05, 0.1) is 5.69 Å². The fourth-order valence-electron chi connectivity index (χ4n) is 3.94. The van der Waals surface area contributed by atoms with Crippen molar-refractivity contribution in [3.8, 4) is 11.3 Å². The van der Waals surface area contributed by atoms with Gasteiger partial charge in [0, 0.05) is 37.1 Å². The normalized spacial score (nSPS) is 15.9. The monoisotopic (exact) mass is 413 g/mol. The lowest BCUT2D eigenvalue weighted by molar-refractivity contribution is 0.271. The summed E-state index contributed by atoms with van der Waals surface area (Å²) >= 11 is 0. The number of halogens is 2. The highest BCUT2D eigenvalue weighted by Gasteiger charge is 2.20. The SMILES string of the molecule is CCC(F)c1ccc(-c2cc3ccccc3c(N3CCN(CC)CC3)n2)cc1.Cl. The number of hydrogen-bond donors (Lipinski definition) is 0. The van der Waals surface area contributed by atoms with Gasteiger partial charge in [0.25, 0.3) is 0 Å². The van der Waals surface area contributed by atoms with Crippen molar-refractivity contribution >= 4 is 29.0 Å². The van der Waals surface area contributed by atoms with Gasteiger partial charge in [0.15, 0.2) is 0 Å². The Morgan fingerprint density at radius 3 is 2.31 bits per heavy atom. The van der Waals surface area contributed by atoms with Crippen LogP contribution >= 0.6 is 12.4 Å². The van der Waals surface area contributed by atoms with Crippen LogP contribution in [-0.2, 0) is 0 Å². The van der Waals surface area contributed by atoms with Crippen LogP contribution in [0.4, 0.5) is 10.2 Å². The minimum Gasteiger partial charge on any atom is -0.354 e. The summed E-state index contributed by atoms with van der Waals surface area (Å²) in [4.78, 5) is 9.93. The highest BCUT2D eigenvalue weighted by atomic mass is 35.5. The second kappa shape index (κ2) is 9.55. The van der Waals surface area contributed by atoms with Gasteiger partial charge < -0.3 is 9.80 Å². The van der Waals surface area contributed by atoms with E-state index in [1.54, 1.807) is 0 Å². The number of hydrogen-bond acceptors (Lipinski definition) is 3. The molecule has 0 amide bonds. The molecule has 1 atom stereocenters. The van der Waals surface area contributed by atoms with Crippen molar-refractivity contribution in [2.24, 2.45) is 0 Å². The van der Waals surface area contributed by atoms with E-state index in [2.05, 4.69) is 47.1 Å². The molecule has 1 aliphatic rings. The molecule has 154 valence electrons. The minimum atomic E-state index is -0.899. The van der Waals surface area contributed by atoms with Crippen LogP contribution in [-0.4, -0.2) is 42.6 Å². The maximum atomic E-state index is 13.9. The van der Waals surface area contributed by atoms with Crippen molar-refractivity contribution in [1.82, 2.24) is 9.88 Å². The highest BCUT2D eigenvalue weighted by molar-refractivity contribution is 5.95. The van der Waals surface area contributed by atoms with Gasteiger partial charge in [0.2, 0.25) is 0 Å². The summed E-state index contributed by atoms with van der Waals surface area (Å²) in [5.74, 6) is 1.06. The van der Waals surface area contributed by atoms with Crippen LogP contribution in [0.3, 0.4) is 0 Å². The maximum absolute atomic E-state index is 13.9. The first-order valence-corrected chi connectivity index (χ1v) is 10.3. The number of rotatable bonds is 5. The minimum absolute atomic E-state index is 0. The Hall–Kier alpha value is -2.17. The van der Waals surface area contributed by atoms with Crippen LogP contribution in [0, 0.1) is 0 Å². The second-order valence-corrected chi connectivity index (χ2v) is 7.47. The van der Waals surface area contributed by atoms with Crippen molar-refractivity contribution in [1.29, 1.82) is 0 Å². The van der Waals surface area contributed by atoms with Gasteiger partial charge in [-0.25, -0.2) is 9.37 Å². The van der Waals surface area contributed by atoms with Crippen LogP contribution in [0.2, 0.25) is 0 Å². The van der Waals surface area contributed by atoms with E-state index in [1.165, 1.54) is 10.8 Å². The molecular weight excluding hydrogens is 385 g/mol. The number of alkyl halides is 1. The van der Waals surface area contributed by atoms with Crippen molar-refractivity contribution in [2.45, 2.75) is 26.4 Å². The lowest BCUT2D eigenvalue weighted by Gasteiger charge is -2.35. The molecular formula is C24H29ClFN3. The van der Waals surface area contributed by atoms with Crippen LogP contribution in [0.1, 0.15) is 32.0 Å². The number of aromatic nitrogens is 1. The topological polar surface area (TPSA) is 19.4 Å². The first-order valence-electron chi connectivity index (χ1n) is 10.3. The molecule has 3 nitrogen and oxygen atoms in total. The Kier molecular flexibility index (Phi) is 7.09. The summed E-state index contributed by atoms with van der Waals surface area (Å²) in [6.07, 6.45) is -0.398. The molecule has 0 bridgehead atoms. The van der Waals surface area contributed by atoms with Crippen LogP contribution in [0.15, 0.2) is 54.6 Å². The van der Waals surface area contributed by atoms with E-state index in [0.717, 1.165) is 55.4 Å². The zero-order valence-electron chi connectivity index (χ0n) is 17.1. The Morgan fingerprint density at radius 2 is 1.66 bits per heavy atom. The Labute approximate surface area is 179 Å². The van der Waals surface area contributed by atoms with E-state index in [9.17, 15) is 4.39 Å². The van der Waals surface area contributed by atoms with Gasteiger partial charge in [-0.1, -0.05) is 62.4 Å². The van der Waals surface area contributed by atoms with Crippen molar-refractivity contribution in [2.75, 3.05) is 37.6 Å². The summed E-state index contributed by atoms with van der Waals surface area (Å²) in [5, 5.41) is 2.39. The van der Waals surface area contributed by atoms with Crippen molar-refractivity contribution < 1.29 is 4.39 Å². The van der Waals surface area contributed by atoms with Crippen molar-refractivity contribution in [3.05, 3.63) is 60.2 Å². The molecule has 0 spiro atoms. The first-order chi connectivity index (χ1) is 13.7. The molecule has 3 aromatic rings. The summed E-state index contributed by atoms with van der Waals surface area (Å²) in [6.45, 7) is 9.31. The third kappa shape index (κ3) is 4.54. The van der Waals surface area contributed by atoms with Gasteiger partial charge >= 0.3 is 0 Å². The zero-order valence-corrected chi connectivity index (χ0v) is 18.0. The molecule has 1 aromatic heterocycles. The summed E-state index contributed by atoms with van der Waals surface area (Å²) in [5.41, 5.74) is 2.72. The van der Waals surface area contributed by atoms with E-state index in [-0.39, 0.29) is 12.4 Å². The quantitative estimate of drug-likeness (QED) is 0.520.